The zero-order valence-corrected chi connectivity index (χ0v) is 16.9. The summed E-state index contributed by atoms with van der Waals surface area (Å²) in [7, 11) is 0. The highest BCUT2D eigenvalue weighted by molar-refractivity contribution is 5.95. The second-order valence-electron chi connectivity index (χ2n) is 8.16. The molecule has 0 aliphatic carbocycles. The van der Waals surface area contributed by atoms with Gasteiger partial charge in [-0.05, 0) is 46.7 Å². The van der Waals surface area contributed by atoms with Crippen LogP contribution in [0.15, 0.2) is 48.5 Å². The number of carbonyl (C=O) groups excluding carboxylic acids is 2. The van der Waals surface area contributed by atoms with Crippen LogP contribution < -0.4 is 10.6 Å². The number of hydrogen-bond donors (Lipinski definition) is 2. The maximum absolute atomic E-state index is 12.2. The van der Waals surface area contributed by atoms with E-state index >= 15 is 0 Å². The van der Waals surface area contributed by atoms with Gasteiger partial charge in [-0.25, -0.2) is 0 Å². The quantitative estimate of drug-likeness (QED) is 0.766. The van der Waals surface area contributed by atoms with E-state index < -0.39 is 0 Å². The fourth-order valence-electron chi connectivity index (χ4n) is 2.69. The Bertz CT molecular complexity index is 770. The van der Waals surface area contributed by atoms with Crippen molar-refractivity contribution >= 4 is 17.5 Å². The van der Waals surface area contributed by atoms with Crippen LogP contribution in [0.1, 0.15) is 68.4 Å². The van der Waals surface area contributed by atoms with Crippen LogP contribution in [0.25, 0.3) is 0 Å². The van der Waals surface area contributed by atoms with Crippen LogP contribution in [0.4, 0.5) is 5.69 Å². The lowest BCUT2D eigenvalue weighted by molar-refractivity contribution is -0.116. The average Bonchev–Trinajstić information content (AvgIpc) is 2.61. The molecule has 2 aromatic rings. The minimum Gasteiger partial charge on any atom is -0.352 e. The molecule has 0 aliphatic rings. The Morgan fingerprint density at radius 1 is 0.926 bits per heavy atom. The third-order valence-corrected chi connectivity index (χ3v) is 4.51. The summed E-state index contributed by atoms with van der Waals surface area (Å²) in [6, 6.07) is 15.4. The van der Waals surface area contributed by atoms with Gasteiger partial charge >= 0.3 is 0 Å². The van der Waals surface area contributed by atoms with Gasteiger partial charge in [-0.2, -0.15) is 0 Å². The largest absolute Gasteiger partial charge is 0.352 e. The first-order chi connectivity index (χ1) is 12.7. The van der Waals surface area contributed by atoms with Gasteiger partial charge in [-0.15, -0.1) is 0 Å². The van der Waals surface area contributed by atoms with Crippen molar-refractivity contribution in [3.63, 3.8) is 0 Å². The van der Waals surface area contributed by atoms with Crippen molar-refractivity contribution in [1.82, 2.24) is 5.32 Å². The topological polar surface area (TPSA) is 58.2 Å². The molecule has 4 nitrogen and oxygen atoms in total. The van der Waals surface area contributed by atoms with E-state index in [0.29, 0.717) is 18.0 Å². The summed E-state index contributed by atoms with van der Waals surface area (Å²) in [4.78, 5) is 24.2. The monoisotopic (exact) mass is 366 g/mol. The summed E-state index contributed by atoms with van der Waals surface area (Å²) in [5.74, 6) is 0.183. The number of hydrogen-bond acceptors (Lipinski definition) is 2. The molecule has 0 heterocycles. The number of nitrogens with one attached hydrogen (secondary N) is 2. The van der Waals surface area contributed by atoms with E-state index in [1.165, 1.54) is 11.1 Å². The highest BCUT2D eigenvalue weighted by Gasteiger charge is 2.14. The molecule has 27 heavy (non-hydrogen) atoms. The normalized spacial score (nSPS) is 11.3. The van der Waals surface area contributed by atoms with Crippen molar-refractivity contribution in [1.29, 1.82) is 0 Å². The fraction of sp³-hybridized carbons (Fsp3) is 0.391. The van der Waals surface area contributed by atoms with E-state index in [-0.39, 0.29) is 23.7 Å². The van der Waals surface area contributed by atoms with Crippen molar-refractivity contribution in [2.24, 2.45) is 0 Å². The predicted octanol–water partition coefficient (Wildman–Crippen LogP) is 4.87. The fourth-order valence-corrected chi connectivity index (χ4v) is 2.69. The van der Waals surface area contributed by atoms with Crippen LogP contribution in [-0.4, -0.2) is 18.4 Å². The number of anilines is 1. The van der Waals surface area contributed by atoms with Crippen molar-refractivity contribution in [3.05, 3.63) is 65.2 Å². The Hall–Kier alpha value is -2.62. The van der Waals surface area contributed by atoms with Gasteiger partial charge in [0.2, 0.25) is 5.91 Å². The van der Waals surface area contributed by atoms with Crippen LogP contribution in [0.3, 0.4) is 0 Å². The molecule has 4 heteroatoms. The second-order valence-corrected chi connectivity index (χ2v) is 8.16. The average molecular weight is 367 g/mol. The Labute approximate surface area is 162 Å². The Morgan fingerprint density at radius 2 is 1.52 bits per heavy atom. The van der Waals surface area contributed by atoms with E-state index in [9.17, 15) is 9.59 Å². The molecule has 2 rings (SSSR count). The molecule has 0 atom stereocenters. The molecule has 0 unspecified atom stereocenters. The lowest BCUT2D eigenvalue weighted by Crippen LogP contribution is -2.27. The van der Waals surface area contributed by atoms with Crippen LogP contribution in [-0.2, 0) is 10.2 Å². The van der Waals surface area contributed by atoms with Crippen molar-refractivity contribution < 1.29 is 9.59 Å². The lowest BCUT2D eigenvalue weighted by atomic mass is 9.87. The van der Waals surface area contributed by atoms with Crippen LogP contribution >= 0.6 is 0 Å². The molecule has 2 N–H and O–H groups in total. The molecule has 0 radical (unpaired) electrons. The van der Waals surface area contributed by atoms with Gasteiger partial charge in [0.25, 0.3) is 5.91 Å². The summed E-state index contributed by atoms with van der Waals surface area (Å²) in [5.41, 5.74) is 3.85. The third kappa shape index (κ3) is 6.24. The van der Waals surface area contributed by atoms with E-state index in [1.54, 1.807) is 0 Å². The Morgan fingerprint density at radius 3 is 2.04 bits per heavy atom. The summed E-state index contributed by atoms with van der Waals surface area (Å²) < 4.78 is 0. The smallest absolute Gasteiger partial charge is 0.251 e. The minimum atomic E-state index is -0.162. The first kappa shape index (κ1) is 20.7. The zero-order valence-electron chi connectivity index (χ0n) is 16.9. The van der Waals surface area contributed by atoms with Gasteiger partial charge in [0.1, 0.15) is 0 Å². The summed E-state index contributed by atoms with van der Waals surface area (Å²) in [5, 5.41) is 5.65. The number of rotatable bonds is 6. The molecule has 144 valence electrons. The second kappa shape index (κ2) is 8.85. The van der Waals surface area contributed by atoms with E-state index in [4.69, 9.17) is 0 Å². The molecule has 2 amide bonds. The Kier molecular flexibility index (Phi) is 6.78. The van der Waals surface area contributed by atoms with Gasteiger partial charge in [0, 0.05) is 24.2 Å². The summed E-state index contributed by atoms with van der Waals surface area (Å²) in [6.07, 6.45) is 0.234. The molecule has 0 aliphatic heterocycles. The number of benzene rings is 2. The van der Waals surface area contributed by atoms with Crippen LogP contribution in [0.2, 0.25) is 0 Å². The molecule has 0 saturated heterocycles. The van der Waals surface area contributed by atoms with Gasteiger partial charge in [-0.3, -0.25) is 9.59 Å². The highest BCUT2D eigenvalue weighted by Crippen LogP contribution is 2.22. The SMILES string of the molecule is CC(C)c1ccc(NC(=O)CCNC(=O)c2ccc(C(C)(C)C)cc2)cc1. The molecule has 0 saturated carbocycles. The minimum absolute atomic E-state index is 0.0560. The van der Waals surface area contributed by atoms with Gasteiger partial charge < -0.3 is 10.6 Å². The number of carbonyl (C=O) groups is 2. The van der Waals surface area contributed by atoms with Gasteiger partial charge in [0.05, 0.1) is 0 Å². The zero-order chi connectivity index (χ0) is 20.0. The molecular weight excluding hydrogens is 336 g/mol. The van der Waals surface area contributed by atoms with Crippen LogP contribution in [0, 0.1) is 0 Å². The third-order valence-electron chi connectivity index (χ3n) is 4.51. The summed E-state index contributed by atoms with van der Waals surface area (Å²) >= 11 is 0. The van der Waals surface area contributed by atoms with Gasteiger partial charge in [-0.1, -0.05) is 58.9 Å². The predicted molar refractivity (Wildman–Crippen MR) is 111 cm³/mol. The van der Waals surface area contributed by atoms with E-state index in [1.807, 2.05) is 48.5 Å². The van der Waals surface area contributed by atoms with Crippen molar-refractivity contribution in [3.8, 4) is 0 Å². The molecule has 0 spiro atoms. The molecule has 0 fully saturated rings. The Balaban J connectivity index is 1.79. The van der Waals surface area contributed by atoms with Crippen LogP contribution in [0.5, 0.6) is 0 Å². The van der Waals surface area contributed by atoms with Gasteiger partial charge in [0.15, 0.2) is 0 Å². The first-order valence-electron chi connectivity index (χ1n) is 9.45. The van der Waals surface area contributed by atoms with E-state index in [0.717, 1.165) is 5.69 Å². The molecule has 0 aromatic heterocycles. The van der Waals surface area contributed by atoms with Crippen molar-refractivity contribution in [2.75, 3.05) is 11.9 Å². The molecular formula is C23H30N2O2. The highest BCUT2D eigenvalue weighted by atomic mass is 16.2. The standard InChI is InChI=1S/C23H30N2O2/c1-16(2)17-8-12-20(13-9-17)25-21(26)14-15-24-22(27)18-6-10-19(11-7-18)23(3,4)5/h6-13,16H,14-15H2,1-5H3,(H,24,27)(H,25,26). The first-order valence-corrected chi connectivity index (χ1v) is 9.45. The number of amides is 2. The van der Waals surface area contributed by atoms with E-state index in [2.05, 4.69) is 45.3 Å². The molecule has 2 aromatic carbocycles. The maximum atomic E-state index is 12.2. The lowest BCUT2D eigenvalue weighted by Gasteiger charge is -2.19. The summed E-state index contributed by atoms with van der Waals surface area (Å²) in [6.45, 7) is 11.0. The van der Waals surface area contributed by atoms with Crippen molar-refractivity contribution in [2.45, 2.75) is 52.4 Å². The maximum Gasteiger partial charge on any atom is 0.251 e. The molecule has 0 bridgehead atoms.